The first-order chi connectivity index (χ1) is 20.1. The first-order valence-corrected chi connectivity index (χ1v) is 16.5. The van der Waals surface area contributed by atoms with E-state index in [2.05, 4.69) is 54.3 Å². The van der Waals surface area contributed by atoms with E-state index in [0.717, 1.165) is 18.5 Å². The van der Waals surface area contributed by atoms with Gasteiger partial charge in [0.1, 0.15) is 23.5 Å². The fourth-order valence-electron chi connectivity index (χ4n) is 4.39. The Morgan fingerprint density at radius 2 is 1.88 bits per heavy atom. The van der Waals surface area contributed by atoms with E-state index >= 15 is 0 Å². The lowest BCUT2D eigenvalue weighted by atomic mass is 10.1. The number of hydrogen-bond donors (Lipinski definition) is 2. The number of ether oxygens (including phenoxy) is 1. The van der Waals surface area contributed by atoms with Gasteiger partial charge in [0.05, 0.1) is 0 Å². The Hall–Kier alpha value is -3.61. The van der Waals surface area contributed by atoms with Crippen molar-refractivity contribution in [3.8, 4) is 5.75 Å². The van der Waals surface area contributed by atoms with E-state index in [9.17, 15) is 14.0 Å². The number of hydrogen-bond acceptors (Lipinski definition) is 5. The molecule has 2 aromatic carbocycles. The molecule has 4 rings (SSSR count). The van der Waals surface area contributed by atoms with E-state index < -0.39 is 6.10 Å². The Bertz CT molecular complexity index is 1330. The SMILES string of the molecule is C=CC(=O)NC1CCN(CC(Oc2ccc(C(=O)Nc3ccc(P(C)C)cn3)cc2)c2ccc(C)c(F)c2)C1.CCC. The van der Waals surface area contributed by atoms with Crippen molar-refractivity contribution >= 4 is 30.9 Å². The summed E-state index contributed by atoms with van der Waals surface area (Å²) >= 11 is 0. The molecule has 3 aromatic rings. The number of aromatic nitrogens is 1. The summed E-state index contributed by atoms with van der Waals surface area (Å²) < 4.78 is 20.8. The fraction of sp³-hybridized carbons (Fsp3) is 0.364. The van der Waals surface area contributed by atoms with Crippen LogP contribution in [0.25, 0.3) is 0 Å². The van der Waals surface area contributed by atoms with Gasteiger partial charge in [-0.3, -0.25) is 14.5 Å². The molecule has 2 unspecified atom stereocenters. The normalized spacial score (nSPS) is 15.4. The molecule has 1 aromatic heterocycles. The van der Waals surface area contributed by atoms with Crippen LogP contribution < -0.4 is 20.7 Å². The second-order valence-electron chi connectivity index (χ2n) is 10.6. The van der Waals surface area contributed by atoms with Crippen LogP contribution in [0, 0.1) is 12.7 Å². The third-order valence-corrected chi connectivity index (χ3v) is 7.99. The number of nitrogens with zero attached hydrogens (tertiary/aromatic N) is 2. The minimum atomic E-state index is -0.445. The topological polar surface area (TPSA) is 83.6 Å². The van der Waals surface area contributed by atoms with Crippen LogP contribution in [0.3, 0.4) is 0 Å². The summed E-state index contributed by atoms with van der Waals surface area (Å²) in [6.45, 7) is 15.8. The molecule has 7 nitrogen and oxygen atoms in total. The van der Waals surface area contributed by atoms with Crippen LogP contribution in [0.2, 0.25) is 0 Å². The average molecular weight is 593 g/mol. The number of amides is 2. The number of nitrogens with one attached hydrogen (secondary N) is 2. The van der Waals surface area contributed by atoms with Gasteiger partial charge in [-0.1, -0.05) is 46.9 Å². The standard InChI is InChI=1S/C30H34FN4O3P.C3H8/c1-5-29(36)33-23-14-15-35(18-23)19-27(22-7-6-20(2)26(31)16-22)38-24-10-8-21(9-11-24)30(37)34-28-13-12-25(17-32-28)39(3)4;1-3-2/h5-13,16-17,23,27H,1,14-15,18-19H2,2-4H3,(H,33,36)(H,32,34,37);3H2,1-2H3. The van der Waals surface area contributed by atoms with E-state index in [1.54, 1.807) is 43.5 Å². The van der Waals surface area contributed by atoms with Crippen LogP contribution in [0.15, 0.2) is 73.4 Å². The van der Waals surface area contributed by atoms with Gasteiger partial charge in [0, 0.05) is 37.4 Å². The maximum Gasteiger partial charge on any atom is 0.256 e. The van der Waals surface area contributed by atoms with Gasteiger partial charge in [-0.2, -0.15) is 0 Å². The summed E-state index contributed by atoms with van der Waals surface area (Å²) in [5.74, 6) is 0.315. The molecule has 42 heavy (non-hydrogen) atoms. The Balaban J connectivity index is 0.00000155. The maximum absolute atomic E-state index is 14.4. The summed E-state index contributed by atoms with van der Waals surface area (Å²) in [5.41, 5.74) is 1.76. The monoisotopic (exact) mass is 592 g/mol. The summed E-state index contributed by atoms with van der Waals surface area (Å²) in [6, 6.07) is 15.8. The number of rotatable bonds is 10. The lowest BCUT2D eigenvalue weighted by Crippen LogP contribution is -2.37. The zero-order valence-electron chi connectivity index (χ0n) is 25.2. The van der Waals surface area contributed by atoms with Crippen molar-refractivity contribution in [1.29, 1.82) is 0 Å². The van der Waals surface area contributed by atoms with Gasteiger partial charge in [-0.05, 0) is 91.6 Å². The lowest BCUT2D eigenvalue weighted by Gasteiger charge is -2.25. The number of aryl methyl sites for hydroxylation is 1. The van der Waals surface area contributed by atoms with Crippen LogP contribution >= 0.6 is 7.92 Å². The van der Waals surface area contributed by atoms with E-state index in [1.165, 1.54) is 23.9 Å². The molecular formula is C33H42FN4O3P. The summed E-state index contributed by atoms with van der Waals surface area (Å²) in [6.07, 6.45) is 4.68. The highest BCUT2D eigenvalue weighted by atomic mass is 31.1. The zero-order chi connectivity index (χ0) is 30.6. The predicted octanol–water partition coefficient (Wildman–Crippen LogP) is 6.06. The number of carbonyl (C=O) groups is 2. The van der Waals surface area contributed by atoms with E-state index in [0.29, 0.717) is 35.8 Å². The molecule has 2 atom stereocenters. The van der Waals surface area contributed by atoms with Crippen molar-refractivity contribution < 1.29 is 18.7 Å². The molecule has 0 bridgehead atoms. The van der Waals surface area contributed by atoms with Gasteiger partial charge >= 0.3 is 0 Å². The number of benzene rings is 2. The van der Waals surface area contributed by atoms with Gasteiger partial charge in [0.2, 0.25) is 5.91 Å². The van der Waals surface area contributed by atoms with Crippen molar-refractivity contribution in [3.05, 3.63) is 96.0 Å². The Kier molecular flexibility index (Phi) is 12.6. The molecule has 1 fully saturated rings. The molecule has 224 valence electrons. The van der Waals surface area contributed by atoms with E-state index in [-0.39, 0.29) is 31.6 Å². The lowest BCUT2D eigenvalue weighted by molar-refractivity contribution is -0.117. The molecule has 0 saturated carbocycles. The van der Waals surface area contributed by atoms with E-state index in [1.807, 2.05) is 18.2 Å². The Labute approximate surface area is 250 Å². The van der Waals surface area contributed by atoms with Crippen molar-refractivity contribution in [3.63, 3.8) is 0 Å². The molecule has 1 aliphatic heterocycles. The second-order valence-corrected chi connectivity index (χ2v) is 12.9. The molecule has 2 N–H and O–H groups in total. The van der Waals surface area contributed by atoms with Crippen LogP contribution in [-0.2, 0) is 4.79 Å². The van der Waals surface area contributed by atoms with Crippen LogP contribution in [0.1, 0.15) is 54.3 Å². The number of pyridine rings is 1. The van der Waals surface area contributed by atoms with Crippen molar-refractivity contribution in [2.75, 3.05) is 38.3 Å². The largest absolute Gasteiger partial charge is 0.484 e. The highest BCUT2D eigenvalue weighted by Gasteiger charge is 2.27. The zero-order valence-corrected chi connectivity index (χ0v) is 26.1. The smallest absolute Gasteiger partial charge is 0.256 e. The average Bonchev–Trinajstić information content (AvgIpc) is 3.41. The van der Waals surface area contributed by atoms with Crippen molar-refractivity contribution in [2.45, 2.75) is 45.8 Å². The Morgan fingerprint density at radius 3 is 2.48 bits per heavy atom. The summed E-state index contributed by atoms with van der Waals surface area (Å²) in [7, 11) is -0.249. The van der Waals surface area contributed by atoms with Gasteiger partial charge < -0.3 is 15.4 Å². The first kappa shape index (κ1) is 32.9. The highest BCUT2D eigenvalue weighted by Crippen LogP contribution is 2.27. The van der Waals surface area contributed by atoms with Gasteiger partial charge in [-0.25, -0.2) is 9.37 Å². The molecule has 1 saturated heterocycles. The Morgan fingerprint density at radius 1 is 1.17 bits per heavy atom. The van der Waals surface area contributed by atoms with E-state index in [4.69, 9.17) is 4.74 Å². The number of likely N-dealkylation sites (tertiary alicyclic amines) is 1. The quantitative estimate of drug-likeness (QED) is 0.221. The second kappa shape index (κ2) is 16.1. The van der Waals surface area contributed by atoms with Gasteiger partial charge in [0.25, 0.3) is 5.91 Å². The molecular weight excluding hydrogens is 550 g/mol. The molecule has 0 spiro atoms. The highest BCUT2D eigenvalue weighted by molar-refractivity contribution is 7.64. The molecule has 0 aliphatic carbocycles. The maximum atomic E-state index is 14.4. The number of carbonyl (C=O) groups excluding carboxylic acids is 2. The molecule has 1 aliphatic rings. The predicted molar refractivity (Wildman–Crippen MR) is 171 cm³/mol. The minimum absolute atomic E-state index is 0.0285. The fourth-order valence-corrected chi connectivity index (χ4v) is 5.05. The van der Waals surface area contributed by atoms with Crippen LogP contribution in [-0.4, -0.2) is 60.7 Å². The van der Waals surface area contributed by atoms with Crippen molar-refractivity contribution in [1.82, 2.24) is 15.2 Å². The molecule has 9 heteroatoms. The molecule has 2 amide bonds. The van der Waals surface area contributed by atoms with Crippen molar-refractivity contribution in [2.24, 2.45) is 0 Å². The molecule has 0 radical (unpaired) electrons. The van der Waals surface area contributed by atoms with Gasteiger partial charge in [0.15, 0.2) is 0 Å². The number of anilines is 1. The summed E-state index contributed by atoms with van der Waals surface area (Å²) in [5, 5.41) is 6.93. The first-order valence-electron chi connectivity index (χ1n) is 14.3. The number of halogens is 1. The third-order valence-electron chi connectivity index (χ3n) is 6.70. The summed E-state index contributed by atoms with van der Waals surface area (Å²) in [4.78, 5) is 31.0. The minimum Gasteiger partial charge on any atom is -0.484 e. The van der Waals surface area contributed by atoms with Gasteiger partial charge in [-0.15, -0.1) is 0 Å². The van der Waals surface area contributed by atoms with Crippen LogP contribution in [0.5, 0.6) is 5.75 Å². The molecule has 2 heterocycles. The van der Waals surface area contributed by atoms with Crippen LogP contribution in [0.4, 0.5) is 10.2 Å². The third kappa shape index (κ3) is 9.74.